The maximum Gasteiger partial charge on any atom is 0.142 e. The second-order valence-electron chi connectivity index (χ2n) is 4.15. The summed E-state index contributed by atoms with van der Waals surface area (Å²) in [7, 11) is 0. The smallest absolute Gasteiger partial charge is 0.142 e. The van der Waals surface area contributed by atoms with E-state index in [1.807, 2.05) is 36.5 Å². The van der Waals surface area contributed by atoms with Gasteiger partial charge in [-0.2, -0.15) is 5.26 Å². The first-order valence-corrected chi connectivity index (χ1v) is 5.77. The van der Waals surface area contributed by atoms with E-state index in [-0.39, 0.29) is 0 Å². The molecule has 3 heteroatoms. The summed E-state index contributed by atoms with van der Waals surface area (Å²) in [4.78, 5) is 4.35. The zero-order valence-electron chi connectivity index (χ0n) is 9.74. The fraction of sp³-hybridized carbons (Fsp3) is 0.0667. The fourth-order valence-electron chi connectivity index (χ4n) is 2.03. The summed E-state index contributed by atoms with van der Waals surface area (Å²) in [5.41, 5.74) is 2.53. The molecular weight excluding hydrogens is 222 g/mol. The molecule has 0 amide bonds. The molecule has 86 valence electrons. The van der Waals surface area contributed by atoms with Crippen LogP contribution in [0.1, 0.15) is 11.3 Å². The lowest BCUT2D eigenvalue weighted by Gasteiger charge is -2.04. The van der Waals surface area contributed by atoms with Gasteiger partial charge >= 0.3 is 0 Å². The van der Waals surface area contributed by atoms with E-state index >= 15 is 0 Å². The summed E-state index contributed by atoms with van der Waals surface area (Å²) in [6, 6.07) is 18.0. The minimum absolute atomic E-state index is 0.454. The zero-order valence-corrected chi connectivity index (χ0v) is 9.74. The highest BCUT2D eigenvalue weighted by atomic mass is 15.0. The van der Waals surface area contributed by atoms with Gasteiger partial charge in [0.1, 0.15) is 17.4 Å². The van der Waals surface area contributed by atoms with Gasteiger partial charge < -0.3 is 4.57 Å². The molecule has 18 heavy (non-hydrogen) atoms. The van der Waals surface area contributed by atoms with E-state index in [2.05, 4.69) is 27.8 Å². The number of hydrogen-bond donors (Lipinski definition) is 0. The van der Waals surface area contributed by atoms with Crippen molar-refractivity contribution < 1.29 is 0 Å². The summed E-state index contributed by atoms with van der Waals surface area (Å²) in [6.07, 6.45) is 2.01. The predicted octanol–water partition coefficient (Wildman–Crippen LogP) is 2.96. The van der Waals surface area contributed by atoms with Crippen LogP contribution in [-0.4, -0.2) is 9.55 Å². The Hall–Kier alpha value is -2.60. The standard InChI is InChI=1S/C15H11N3/c16-10-14-7-6-13-8-9-18(15(13)17-14)11-12-4-2-1-3-5-12/h1-9H,11H2. The minimum atomic E-state index is 0.454. The molecule has 0 atom stereocenters. The van der Waals surface area contributed by atoms with Crippen molar-refractivity contribution in [1.29, 1.82) is 5.26 Å². The van der Waals surface area contributed by atoms with Crippen LogP contribution in [0.5, 0.6) is 0 Å². The van der Waals surface area contributed by atoms with Crippen molar-refractivity contribution in [2.75, 3.05) is 0 Å². The average Bonchev–Trinajstić information content (AvgIpc) is 2.82. The van der Waals surface area contributed by atoms with Gasteiger partial charge in [0.25, 0.3) is 0 Å². The van der Waals surface area contributed by atoms with E-state index in [9.17, 15) is 0 Å². The largest absolute Gasteiger partial charge is 0.328 e. The molecule has 3 rings (SSSR count). The molecule has 3 aromatic rings. The first-order chi connectivity index (χ1) is 8.86. The number of fused-ring (bicyclic) bond motifs is 1. The summed E-state index contributed by atoms with van der Waals surface area (Å²) in [5.74, 6) is 0. The van der Waals surface area contributed by atoms with Gasteiger partial charge in [-0.15, -0.1) is 0 Å². The molecule has 0 unspecified atom stereocenters. The molecule has 0 spiro atoms. The van der Waals surface area contributed by atoms with Crippen molar-refractivity contribution in [3.8, 4) is 6.07 Å². The van der Waals surface area contributed by atoms with Gasteiger partial charge in [-0.3, -0.25) is 0 Å². The first kappa shape index (κ1) is 10.5. The Balaban J connectivity index is 2.05. The Morgan fingerprint density at radius 2 is 1.89 bits per heavy atom. The molecular formula is C15H11N3. The Kier molecular flexibility index (Phi) is 2.54. The monoisotopic (exact) mass is 233 g/mol. The highest BCUT2D eigenvalue weighted by Gasteiger charge is 2.04. The summed E-state index contributed by atoms with van der Waals surface area (Å²) >= 11 is 0. The number of nitriles is 1. The van der Waals surface area contributed by atoms with Crippen LogP contribution in [0.3, 0.4) is 0 Å². The van der Waals surface area contributed by atoms with Crippen LogP contribution in [0.4, 0.5) is 0 Å². The van der Waals surface area contributed by atoms with Crippen LogP contribution in [-0.2, 0) is 6.54 Å². The molecule has 1 aromatic carbocycles. The molecule has 0 aliphatic carbocycles. The highest BCUT2D eigenvalue weighted by molar-refractivity contribution is 5.76. The van der Waals surface area contributed by atoms with Crippen molar-refractivity contribution in [3.63, 3.8) is 0 Å². The quantitative estimate of drug-likeness (QED) is 0.682. The number of pyridine rings is 1. The van der Waals surface area contributed by atoms with Crippen molar-refractivity contribution in [3.05, 3.63) is 66.0 Å². The molecule has 2 aromatic heterocycles. The SMILES string of the molecule is N#Cc1ccc2ccn(Cc3ccccc3)c2n1. The van der Waals surface area contributed by atoms with E-state index in [1.165, 1.54) is 5.56 Å². The number of benzene rings is 1. The van der Waals surface area contributed by atoms with Crippen LogP contribution < -0.4 is 0 Å². The third kappa shape index (κ3) is 1.85. The van der Waals surface area contributed by atoms with Gasteiger partial charge in [0, 0.05) is 18.1 Å². The molecule has 0 aliphatic heterocycles. The number of rotatable bonds is 2. The van der Waals surface area contributed by atoms with E-state index in [1.54, 1.807) is 6.07 Å². The Bertz CT molecular complexity index is 720. The van der Waals surface area contributed by atoms with Gasteiger partial charge in [0.2, 0.25) is 0 Å². The van der Waals surface area contributed by atoms with Gasteiger partial charge in [-0.25, -0.2) is 4.98 Å². The van der Waals surface area contributed by atoms with E-state index in [0.29, 0.717) is 5.69 Å². The molecule has 3 nitrogen and oxygen atoms in total. The average molecular weight is 233 g/mol. The van der Waals surface area contributed by atoms with Crippen molar-refractivity contribution in [1.82, 2.24) is 9.55 Å². The number of hydrogen-bond acceptors (Lipinski definition) is 2. The van der Waals surface area contributed by atoms with Crippen LogP contribution in [0.15, 0.2) is 54.7 Å². The Labute approximate surface area is 105 Å². The molecule has 0 aliphatic rings. The molecule has 0 N–H and O–H groups in total. The lowest BCUT2D eigenvalue weighted by molar-refractivity contribution is 0.824. The Morgan fingerprint density at radius 1 is 1.06 bits per heavy atom. The topological polar surface area (TPSA) is 41.6 Å². The highest BCUT2D eigenvalue weighted by Crippen LogP contribution is 2.15. The van der Waals surface area contributed by atoms with Gasteiger partial charge in [0.05, 0.1) is 0 Å². The predicted molar refractivity (Wildman–Crippen MR) is 70.0 cm³/mol. The minimum Gasteiger partial charge on any atom is -0.328 e. The summed E-state index contributed by atoms with van der Waals surface area (Å²) in [5, 5.41) is 9.95. The maximum absolute atomic E-state index is 8.89. The first-order valence-electron chi connectivity index (χ1n) is 5.77. The normalized spacial score (nSPS) is 10.4. The third-order valence-corrected chi connectivity index (χ3v) is 2.92. The molecule has 0 saturated carbocycles. The van der Waals surface area contributed by atoms with Gasteiger partial charge in [0.15, 0.2) is 0 Å². The van der Waals surface area contributed by atoms with Crippen molar-refractivity contribution >= 4 is 11.0 Å². The maximum atomic E-state index is 8.89. The molecule has 0 radical (unpaired) electrons. The fourth-order valence-corrected chi connectivity index (χ4v) is 2.03. The molecule has 2 heterocycles. The van der Waals surface area contributed by atoms with Crippen LogP contribution in [0.2, 0.25) is 0 Å². The van der Waals surface area contributed by atoms with E-state index < -0.39 is 0 Å². The van der Waals surface area contributed by atoms with E-state index in [0.717, 1.165) is 17.6 Å². The van der Waals surface area contributed by atoms with Gasteiger partial charge in [-0.05, 0) is 23.8 Å². The number of aromatic nitrogens is 2. The van der Waals surface area contributed by atoms with Crippen LogP contribution >= 0.6 is 0 Å². The summed E-state index contributed by atoms with van der Waals surface area (Å²) in [6.45, 7) is 0.770. The lowest BCUT2D eigenvalue weighted by Crippen LogP contribution is -1.99. The number of nitrogens with zero attached hydrogens (tertiary/aromatic N) is 3. The summed E-state index contributed by atoms with van der Waals surface area (Å²) < 4.78 is 2.06. The van der Waals surface area contributed by atoms with Gasteiger partial charge in [-0.1, -0.05) is 30.3 Å². The van der Waals surface area contributed by atoms with Crippen molar-refractivity contribution in [2.45, 2.75) is 6.54 Å². The second kappa shape index (κ2) is 4.34. The molecule has 0 fully saturated rings. The van der Waals surface area contributed by atoms with E-state index in [4.69, 9.17) is 5.26 Å². The van der Waals surface area contributed by atoms with Crippen LogP contribution in [0, 0.1) is 11.3 Å². The second-order valence-corrected chi connectivity index (χ2v) is 4.15. The van der Waals surface area contributed by atoms with Crippen molar-refractivity contribution in [2.24, 2.45) is 0 Å². The van der Waals surface area contributed by atoms with Crippen LogP contribution in [0.25, 0.3) is 11.0 Å². The molecule has 0 bridgehead atoms. The Morgan fingerprint density at radius 3 is 2.67 bits per heavy atom. The third-order valence-electron chi connectivity index (χ3n) is 2.92. The lowest BCUT2D eigenvalue weighted by atomic mass is 10.2. The molecule has 0 saturated heterocycles. The zero-order chi connectivity index (χ0) is 12.4.